The second-order valence-corrected chi connectivity index (χ2v) is 8.27. The summed E-state index contributed by atoms with van der Waals surface area (Å²) in [6.07, 6.45) is 6.57. The maximum absolute atomic E-state index is 12.2. The van der Waals surface area contributed by atoms with Gasteiger partial charge in [-0.1, -0.05) is 44.2 Å². The summed E-state index contributed by atoms with van der Waals surface area (Å²) in [6, 6.07) is 14.3. The second-order valence-electron chi connectivity index (χ2n) is 8.27. The Hall–Kier alpha value is -1.57. The molecule has 33 heavy (non-hydrogen) atoms. The van der Waals surface area contributed by atoms with Gasteiger partial charge < -0.3 is 17.5 Å². The van der Waals surface area contributed by atoms with Crippen LogP contribution in [0.25, 0.3) is 0 Å². The van der Waals surface area contributed by atoms with Crippen LogP contribution in [0.1, 0.15) is 74.4 Å². The minimum Gasteiger partial charge on any atom is -0.523 e. The summed E-state index contributed by atoms with van der Waals surface area (Å²) in [4.78, 5) is 23.3. The summed E-state index contributed by atoms with van der Waals surface area (Å²) in [5.41, 5.74) is 4.07. The van der Waals surface area contributed by atoms with Gasteiger partial charge in [0, 0.05) is 17.2 Å². The summed E-state index contributed by atoms with van der Waals surface area (Å²) in [5, 5.41) is 2.97. The normalized spacial score (nSPS) is 16.8. The van der Waals surface area contributed by atoms with Gasteiger partial charge in [0.25, 0.3) is 0 Å². The first-order valence-corrected chi connectivity index (χ1v) is 11.4. The molecule has 3 rings (SSSR count). The summed E-state index contributed by atoms with van der Waals surface area (Å²) in [5.74, 6) is 1.98. The van der Waals surface area contributed by atoms with Crippen molar-refractivity contribution in [2.75, 3.05) is 12.4 Å². The Morgan fingerprint density at radius 1 is 1.09 bits per heavy atom. The number of methoxy groups -OCH3 is 1. The Labute approximate surface area is 224 Å². The van der Waals surface area contributed by atoms with Gasteiger partial charge in [-0.3, -0.25) is 9.59 Å². The fourth-order valence-corrected chi connectivity index (χ4v) is 4.19. The molecule has 4 nitrogen and oxygen atoms in total. The molecule has 1 aliphatic carbocycles. The van der Waals surface area contributed by atoms with Crippen molar-refractivity contribution in [1.29, 1.82) is 0 Å². The number of anilines is 1. The molecule has 2 aromatic carbocycles. The van der Waals surface area contributed by atoms with Crippen LogP contribution in [0.3, 0.4) is 0 Å². The van der Waals surface area contributed by atoms with Crippen LogP contribution in [0.5, 0.6) is 5.75 Å². The number of ketones is 1. The fraction of sp³-hybridized carbons (Fsp3) is 0.464. The Bertz CT molecular complexity index is 856. The second kappa shape index (κ2) is 16.1. The smallest absolute Gasteiger partial charge is 0.523 e. The van der Waals surface area contributed by atoms with Gasteiger partial charge in [-0.25, -0.2) is 0 Å². The standard InChI is InChI=1S/C16H22NO2.C11H14O.CH3.U/c1-3-12-4-6-13(7-5-12)16(18)17-14-8-10-15(19-2)11-9-14;1-4-10-8(2)6-5-7-11(10)9(3)12;;/h8-10,12-13H,3-7H2,1-2H3,(H,17,18);5-7H,4H2,1-3H3;1H3;/q-1;;-1;+2. The molecule has 0 unspecified atom stereocenters. The third kappa shape index (κ3) is 9.67. The zero-order valence-electron chi connectivity index (χ0n) is 21.1. The number of carbonyl (C=O) groups is 2. The number of hydrogen-bond acceptors (Lipinski definition) is 3. The zero-order valence-corrected chi connectivity index (χ0v) is 25.2. The summed E-state index contributed by atoms with van der Waals surface area (Å²) >= 11 is 0. The van der Waals surface area contributed by atoms with Crippen LogP contribution in [-0.2, 0) is 11.2 Å². The Morgan fingerprint density at radius 2 is 1.76 bits per heavy atom. The van der Waals surface area contributed by atoms with Crippen molar-refractivity contribution in [3.8, 4) is 5.75 Å². The van der Waals surface area contributed by atoms with E-state index in [9.17, 15) is 9.59 Å². The minimum atomic E-state index is 0. The topological polar surface area (TPSA) is 55.4 Å². The van der Waals surface area contributed by atoms with Gasteiger partial charge in [-0.2, -0.15) is 6.07 Å². The van der Waals surface area contributed by atoms with E-state index in [1.165, 1.54) is 30.4 Å². The molecule has 0 spiro atoms. The van der Waals surface area contributed by atoms with Crippen LogP contribution in [0.2, 0.25) is 0 Å². The first-order valence-electron chi connectivity index (χ1n) is 11.4. The number of amides is 1. The number of hydrogen-bond donors (Lipinski definition) is 1. The molecule has 0 atom stereocenters. The van der Waals surface area contributed by atoms with Crippen LogP contribution >= 0.6 is 0 Å². The average Bonchev–Trinajstić information content (AvgIpc) is 2.79. The molecular formula is C28H39NO3U. The quantitative estimate of drug-likeness (QED) is 0.269. The van der Waals surface area contributed by atoms with Crippen LogP contribution in [0.15, 0.2) is 36.4 Å². The number of carbonyl (C=O) groups excluding carboxylic acids is 2. The van der Waals surface area contributed by atoms with Crippen LogP contribution in [-0.4, -0.2) is 18.8 Å². The number of benzene rings is 2. The van der Waals surface area contributed by atoms with E-state index in [-0.39, 0.29) is 56.1 Å². The van der Waals surface area contributed by atoms with Crippen molar-refractivity contribution in [1.82, 2.24) is 0 Å². The molecule has 0 bridgehead atoms. The molecule has 0 heterocycles. The minimum absolute atomic E-state index is 0. The first kappa shape index (κ1) is 31.4. The van der Waals surface area contributed by atoms with E-state index in [4.69, 9.17) is 4.74 Å². The number of aryl methyl sites for hydroxylation is 1. The van der Waals surface area contributed by atoms with Gasteiger partial charge in [0.05, 0.1) is 7.11 Å². The predicted octanol–water partition coefficient (Wildman–Crippen LogP) is 6.86. The average molecular weight is 676 g/mol. The van der Waals surface area contributed by atoms with Crippen LogP contribution in [0.4, 0.5) is 5.69 Å². The third-order valence-corrected chi connectivity index (χ3v) is 6.21. The van der Waals surface area contributed by atoms with Crippen molar-refractivity contribution >= 4 is 17.4 Å². The molecule has 1 fully saturated rings. The van der Waals surface area contributed by atoms with Gasteiger partial charge in [-0.05, 0) is 63.0 Å². The molecule has 0 saturated heterocycles. The molecule has 1 amide bonds. The molecule has 178 valence electrons. The van der Waals surface area contributed by atoms with Crippen molar-refractivity contribution in [3.05, 3.63) is 66.6 Å². The summed E-state index contributed by atoms with van der Waals surface area (Å²) in [6.45, 7) is 7.98. The van der Waals surface area contributed by atoms with Crippen molar-refractivity contribution < 1.29 is 45.4 Å². The van der Waals surface area contributed by atoms with Crippen molar-refractivity contribution in [2.24, 2.45) is 11.8 Å². The molecule has 1 N–H and O–H groups in total. The van der Waals surface area contributed by atoms with E-state index in [1.807, 2.05) is 37.3 Å². The summed E-state index contributed by atoms with van der Waals surface area (Å²) in [7, 11) is 1.61. The SMILES string of the molecule is CCC1CCC(C(=O)Nc2c[c-]c(OC)cc2)CC1.CCc1c(C)cccc1C(C)=O.[CH3-].[U+2]. The molecular weight excluding hydrogens is 636 g/mol. The molecule has 1 aliphatic rings. The molecule has 1 saturated carbocycles. The summed E-state index contributed by atoms with van der Waals surface area (Å²) < 4.78 is 5.05. The maximum atomic E-state index is 12.2. The third-order valence-electron chi connectivity index (χ3n) is 6.21. The number of rotatable bonds is 6. The number of ether oxygens (including phenoxy) is 1. The number of nitrogens with one attached hydrogen (secondary N) is 1. The van der Waals surface area contributed by atoms with E-state index >= 15 is 0 Å². The maximum Gasteiger partial charge on any atom is 2.00 e. The Balaban J connectivity index is 0.000000640. The monoisotopic (exact) mass is 675 g/mol. The van der Waals surface area contributed by atoms with Gasteiger partial charge in [-0.15, -0.1) is 18.2 Å². The molecule has 5 heteroatoms. The Morgan fingerprint density at radius 3 is 2.21 bits per heavy atom. The first-order chi connectivity index (χ1) is 14.9. The van der Waals surface area contributed by atoms with E-state index < -0.39 is 0 Å². The van der Waals surface area contributed by atoms with Crippen molar-refractivity contribution in [2.45, 2.75) is 66.2 Å². The van der Waals surface area contributed by atoms with E-state index in [1.54, 1.807) is 20.1 Å². The fourth-order valence-electron chi connectivity index (χ4n) is 4.19. The van der Waals surface area contributed by atoms with Gasteiger partial charge >= 0.3 is 31.1 Å². The van der Waals surface area contributed by atoms with Gasteiger partial charge in [0.2, 0.25) is 5.91 Å². The van der Waals surface area contributed by atoms with E-state index in [0.717, 1.165) is 36.4 Å². The number of Topliss-reactive ketones (excluding diaryl/α,β-unsaturated/α-hetero) is 1. The van der Waals surface area contributed by atoms with E-state index in [0.29, 0.717) is 5.75 Å². The molecule has 0 aromatic heterocycles. The van der Waals surface area contributed by atoms with E-state index in [2.05, 4.69) is 25.2 Å². The zero-order chi connectivity index (χ0) is 22.8. The van der Waals surface area contributed by atoms with Gasteiger partial charge in [0.1, 0.15) is 0 Å². The largest absolute Gasteiger partial charge is 2.00 e. The molecule has 2 aromatic rings. The van der Waals surface area contributed by atoms with Crippen LogP contribution in [0, 0.1) is 63.4 Å². The Kier molecular flexibility index (Phi) is 15.4. The van der Waals surface area contributed by atoms with Gasteiger partial charge in [0.15, 0.2) is 5.78 Å². The van der Waals surface area contributed by atoms with Crippen LogP contribution < -0.4 is 10.1 Å². The van der Waals surface area contributed by atoms with Crippen molar-refractivity contribution in [3.63, 3.8) is 0 Å². The molecule has 0 radical (unpaired) electrons. The molecule has 0 aliphatic heterocycles. The predicted molar refractivity (Wildman–Crippen MR) is 133 cm³/mol.